The van der Waals surface area contributed by atoms with Crippen molar-refractivity contribution in [2.45, 2.75) is 18.4 Å². The summed E-state index contributed by atoms with van der Waals surface area (Å²) in [5.74, 6) is -0.0963. The van der Waals surface area contributed by atoms with E-state index in [0.717, 1.165) is 18.5 Å². The summed E-state index contributed by atoms with van der Waals surface area (Å²) in [6.45, 7) is 1.70. The van der Waals surface area contributed by atoms with E-state index >= 15 is 0 Å². The minimum absolute atomic E-state index is 0.0415. The van der Waals surface area contributed by atoms with Gasteiger partial charge in [-0.15, -0.1) is 11.3 Å². The van der Waals surface area contributed by atoms with Crippen LogP contribution in [-0.4, -0.2) is 53.5 Å². The molecule has 0 N–H and O–H groups in total. The molecule has 2 fully saturated rings. The number of nitrogens with zero attached hydrogens (tertiary/aromatic N) is 3. The number of carbonyl (C=O) groups excluding carboxylic acids is 2. The number of aromatic nitrogens is 1. The molecule has 2 aromatic rings. The SMILES string of the molecule is O=C(c1nccs1)N1CCCC2(C1)CN(c1ccccc1)C(=O)CO2. The fourth-order valence-corrected chi connectivity index (χ4v) is 4.14. The summed E-state index contributed by atoms with van der Waals surface area (Å²) in [6, 6.07) is 9.63. The van der Waals surface area contributed by atoms with Crippen LogP contribution in [0.4, 0.5) is 5.69 Å². The Labute approximate surface area is 150 Å². The molecule has 1 unspecified atom stereocenters. The van der Waals surface area contributed by atoms with Crippen molar-refractivity contribution in [3.63, 3.8) is 0 Å². The van der Waals surface area contributed by atoms with Crippen LogP contribution in [0.15, 0.2) is 41.9 Å². The monoisotopic (exact) mass is 357 g/mol. The van der Waals surface area contributed by atoms with Gasteiger partial charge in [0.05, 0.1) is 13.1 Å². The van der Waals surface area contributed by atoms with Crippen molar-refractivity contribution in [1.29, 1.82) is 0 Å². The molecule has 2 saturated heterocycles. The van der Waals surface area contributed by atoms with E-state index in [0.29, 0.717) is 24.6 Å². The Hall–Kier alpha value is -2.25. The zero-order valence-electron chi connectivity index (χ0n) is 13.8. The second-order valence-electron chi connectivity index (χ2n) is 6.45. The molecular weight excluding hydrogens is 338 g/mol. The van der Waals surface area contributed by atoms with Crippen LogP contribution in [0.3, 0.4) is 0 Å². The third kappa shape index (κ3) is 3.17. The molecule has 0 bridgehead atoms. The van der Waals surface area contributed by atoms with Gasteiger partial charge in [0.2, 0.25) is 0 Å². The average Bonchev–Trinajstić information content (AvgIpc) is 3.19. The number of anilines is 1. The molecule has 25 heavy (non-hydrogen) atoms. The third-order valence-corrected chi connectivity index (χ3v) is 5.52. The number of hydrogen-bond acceptors (Lipinski definition) is 5. The van der Waals surface area contributed by atoms with Crippen LogP contribution in [0, 0.1) is 0 Å². The van der Waals surface area contributed by atoms with Crippen LogP contribution in [0.1, 0.15) is 22.6 Å². The third-order valence-electron chi connectivity index (χ3n) is 4.76. The molecule has 4 rings (SSSR count). The Balaban J connectivity index is 1.54. The molecule has 1 aromatic carbocycles. The van der Waals surface area contributed by atoms with Gasteiger partial charge in [0.15, 0.2) is 5.01 Å². The summed E-state index contributed by atoms with van der Waals surface area (Å²) in [5, 5.41) is 2.31. The van der Waals surface area contributed by atoms with Crippen molar-refractivity contribution >= 4 is 28.8 Å². The van der Waals surface area contributed by atoms with E-state index in [1.165, 1.54) is 11.3 Å². The number of rotatable bonds is 2. The molecular formula is C18H19N3O3S. The Morgan fingerprint density at radius 1 is 1.24 bits per heavy atom. The number of para-hydroxylation sites is 1. The molecule has 2 aliphatic rings. The van der Waals surface area contributed by atoms with Crippen LogP contribution in [-0.2, 0) is 9.53 Å². The van der Waals surface area contributed by atoms with Crippen molar-refractivity contribution < 1.29 is 14.3 Å². The van der Waals surface area contributed by atoms with Gasteiger partial charge in [-0.25, -0.2) is 4.98 Å². The second kappa shape index (κ2) is 6.57. The molecule has 1 spiro atoms. The summed E-state index contributed by atoms with van der Waals surface area (Å²) in [7, 11) is 0. The van der Waals surface area contributed by atoms with E-state index in [1.54, 1.807) is 21.4 Å². The van der Waals surface area contributed by atoms with Gasteiger partial charge in [0, 0.05) is 23.8 Å². The number of morpholine rings is 1. The van der Waals surface area contributed by atoms with Gasteiger partial charge in [-0.2, -0.15) is 0 Å². The first-order valence-electron chi connectivity index (χ1n) is 8.35. The normalized spacial score (nSPS) is 23.9. The maximum absolute atomic E-state index is 12.6. The largest absolute Gasteiger partial charge is 0.361 e. The topological polar surface area (TPSA) is 62.7 Å². The molecule has 3 heterocycles. The van der Waals surface area contributed by atoms with Crippen LogP contribution in [0.5, 0.6) is 0 Å². The van der Waals surface area contributed by atoms with Crippen LogP contribution in [0.2, 0.25) is 0 Å². The number of benzene rings is 1. The lowest BCUT2D eigenvalue weighted by Gasteiger charge is -2.47. The van der Waals surface area contributed by atoms with E-state index in [2.05, 4.69) is 4.98 Å². The van der Waals surface area contributed by atoms with Crippen LogP contribution >= 0.6 is 11.3 Å². The first kappa shape index (κ1) is 16.2. The molecule has 0 radical (unpaired) electrons. The van der Waals surface area contributed by atoms with E-state index in [-0.39, 0.29) is 18.4 Å². The predicted molar refractivity (Wildman–Crippen MR) is 94.7 cm³/mol. The maximum atomic E-state index is 12.6. The van der Waals surface area contributed by atoms with E-state index in [9.17, 15) is 9.59 Å². The number of amides is 2. The van der Waals surface area contributed by atoms with E-state index in [4.69, 9.17) is 4.74 Å². The van der Waals surface area contributed by atoms with Gasteiger partial charge in [0.1, 0.15) is 12.2 Å². The predicted octanol–water partition coefficient (Wildman–Crippen LogP) is 2.18. The molecule has 2 aliphatic heterocycles. The minimum atomic E-state index is -0.505. The summed E-state index contributed by atoms with van der Waals surface area (Å²) in [5.41, 5.74) is 0.369. The molecule has 1 atom stereocenters. The number of piperidine rings is 1. The quantitative estimate of drug-likeness (QED) is 0.826. The zero-order chi connectivity index (χ0) is 17.3. The van der Waals surface area contributed by atoms with Crippen molar-refractivity contribution in [1.82, 2.24) is 9.88 Å². The first-order chi connectivity index (χ1) is 12.2. The minimum Gasteiger partial charge on any atom is -0.361 e. The summed E-state index contributed by atoms with van der Waals surface area (Å²) in [4.78, 5) is 32.7. The van der Waals surface area contributed by atoms with E-state index < -0.39 is 5.60 Å². The van der Waals surface area contributed by atoms with Crippen LogP contribution < -0.4 is 4.90 Å². The lowest BCUT2D eigenvalue weighted by atomic mass is 9.90. The first-order valence-corrected chi connectivity index (χ1v) is 9.23. The van der Waals surface area contributed by atoms with Gasteiger partial charge >= 0.3 is 0 Å². The highest BCUT2D eigenvalue weighted by Crippen LogP contribution is 2.32. The molecule has 130 valence electrons. The van der Waals surface area contributed by atoms with Gasteiger partial charge < -0.3 is 14.5 Å². The highest BCUT2D eigenvalue weighted by Gasteiger charge is 2.44. The zero-order valence-corrected chi connectivity index (χ0v) is 14.6. The summed E-state index contributed by atoms with van der Waals surface area (Å²) in [6.07, 6.45) is 3.34. The van der Waals surface area contributed by atoms with Gasteiger partial charge in [-0.3, -0.25) is 9.59 Å². The molecule has 7 heteroatoms. The lowest BCUT2D eigenvalue weighted by Crippen LogP contribution is -2.62. The number of thiazole rings is 1. The van der Waals surface area contributed by atoms with Crippen LogP contribution in [0.25, 0.3) is 0 Å². The summed E-state index contributed by atoms with van der Waals surface area (Å²) < 4.78 is 5.97. The standard InChI is InChI=1S/C18H19N3O3S/c22-15-11-24-18(13-21(15)14-5-2-1-3-6-14)7-4-9-20(12-18)17(23)16-19-8-10-25-16/h1-3,5-6,8,10H,4,7,9,11-13H2. The van der Waals surface area contributed by atoms with Gasteiger partial charge in [-0.1, -0.05) is 18.2 Å². The molecule has 6 nitrogen and oxygen atoms in total. The second-order valence-corrected chi connectivity index (χ2v) is 7.35. The molecule has 0 saturated carbocycles. The highest BCUT2D eigenvalue weighted by molar-refractivity contribution is 7.11. The van der Waals surface area contributed by atoms with E-state index in [1.807, 2.05) is 30.3 Å². The smallest absolute Gasteiger partial charge is 0.282 e. The van der Waals surface area contributed by atoms with Crippen molar-refractivity contribution in [2.24, 2.45) is 0 Å². The molecule has 2 amide bonds. The fourth-order valence-electron chi connectivity index (χ4n) is 3.54. The lowest BCUT2D eigenvalue weighted by molar-refractivity contribution is -0.144. The van der Waals surface area contributed by atoms with Gasteiger partial charge in [0.25, 0.3) is 11.8 Å². The Morgan fingerprint density at radius 3 is 2.84 bits per heavy atom. The number of ether oxygens (including phenoxy) is 1. The maximum Gasteiger partial charge on any atom is 0.282 e. The Kier molecular flexibility index (Phi) is 4.27. The number of carbonyl (C=O) groups is 2. The Bertz CT molecular complexity index is 765. The average molecular weight is 357 g/mol. The molecule has 0 aliphatic carbocycles. The van der Waals surface area contributed by atoms with Crippen molar-refractivity contribution in [3.05, 3.63) is 46.9 Å². The Morgan fingerprint density at radius 2 is 2.08 bits per heavy atom. The highest BCUT2D eigenvalue weighted by atomic mass is 32.1. The van der Waals surface area contributed by atoms with Crippen molar-refractivity contribution in [3.8, 4) is 0 Å². The molecule has 1 aromatic heterocycles. The number of likely N-dealkylation sites (tertiary alicyclic amines) is 1. The van der Waals surface area contributed by atoms with Gasteiger partial charge in [-0.05, 0) is 25.0 Å². The van der Waals surface area contributed by atoms with Crippen molar-refractivity contribution in [2.75, 3.05) is 31.1 Å². The number of hydrogen-bond donors (Lipinski definition) is 0. The summed E-state index contributed by atoms with van der Waals surface area (Å²) >= 11 is 1.35. The fraction of sp³-hybridized carbons (Fsp3) is 0.389.